The number of anilines is 1. The van der Waals surface area contributed by atoms with Gasteiger partial charge in [-0.3, -0.25) is 0 Å². The second-order valence-electron chi connectivity index (χ2n) is 5.27. The second kappa shape index (κ2) is 5.77. The van der Waals surface area contributed by atoms with Crippen LogP contribution >= 0.6 is 11.6 Å². The Morgan fingerprint density at radius 3 is 2.50 bits per heavy atom. The van der Waals surface area contributed by atoms with Crippen LogP contribution in [0.25, 0.3) is 0 Å². The molecule has 0 aliphatic heterocycles. The van der Waals surface area contributed by atoms with Gasteiger partial charge in [-0.25, -0.2) is 4.98 Å². The molecule has 0 spiro atoms. The Labute approximate surface area is 120 Å². The number of alkyl halides is 3. The van der Waals surface area contributed by atoms with Crippen molar-refractivity contribution in [2.45, 2.75) is 31.9 Å². The normalized spacial score (nSPS) is 18.2. The van der Waals surface area contributed by atoms with E-state index in [1.54, 1.807) is 0 Å². The molecule has 1 aliphatic rings. The molecule has 1 aliphatic carbocycles. The second-order valence-corrected chi connectivity index (χ2v) is 5.68. The lowest BCUT2D eigenvalue weighted by Crippen LogP contribution is -2.30. The summed E-state index contributed by atoms with van der Waals surface area (Å²) in [4.78, 5) is 3.73. The van der Waals surface area contributed by atoms with Gasteiger partial charge in [0.1, 0.15) is 5.82 Å². The number of aromatic nitrogens is 1. The summed E-state index contributed by atoms with van der Waals surface area (Å²) in [6, 6.07) is 0.858. The van der Waals surface area contributed by atoms with Crippen molar-refractivity contribution in [3.63, 3.8) is 0 Å². The van der Waals surface area contributed by atoms with E-state index in [2.05, 4.69) is 10.3 Å². The van der Waals surface area contributed by atoms with Crippen LogP contribution in [-0.2, 0) is 6.18 Å². The molecule has 1 fully saturated rings. The highest BCUT2D eigenvalue weighted by Gasteiger charge is 2.34. The molecule has 1 aromatic rings. The topological polar surface area (TPSA) is 45.1 Å². The van der Waals surface area contributed by atoms with E-state index in [-0.39, 0.29) is 22.9 Å². The van der Waals surface area contributed by atoms with Gasteiger partial charge in [0.15, 0.2) is 0 Å². The molecule has 0 atom stereocenters. The predicted molar refractivity (Wildman–Crippen MR) is 70.7 cm³/mol. The fourth-order valence-corrected chi connectivity index (χ4v) is 2.74. The minimum atomic E-state index is -4.45. The van der Waals surface area contributed by atoms with Crippen molar-refractivity contribution in [3.8, 4) is 0 Å². The summed E-state index contributed by atoms with van der Waals surface area (Å²) < 4.78 is 37.5. The van der Waals surface area contributed by atoms with Crippen molar-refractivity contribution >= 4 is 17.4 Å². The van der Waals surface area contributed by atoms with Gasteiger partial charge >= 0.3 is 6.18 Å². The maximum Gasteiger partial charge on any atom is 0.417 e. The number of rotatable bonds is 4. The minimum Gasteiger partial charge on any atom is -0.396 e. The van der Waals surface area contributed by atoms with E-state index in [0.717, 1.165) is 37.9 Å². The molecule has 0 saturated heterocycles. The Balaban J connectivity index is 2.07. The van der Waals surface area contributed by atoms with Crippen LogP contribution in [0.3, 0.4) is 0 Å². The molecular formula is C13H16ClF3N2O. The molecule has 112 valence electrons. The van der Waals surface area contributed by atoms with E-state index in [9.17, 15) is 18.3 Å². The van der Waals surface area contributed by atoms with Crippen LogP contribution in [0.1, 0.15) is 31.2 Å². The molecule has 1 saturated carbocycles. The van der Waals surface area contributed by atoms with Crippen LogP contribution in [0.4, 0.5) is 19.0 Å². The molecule has 2 rings (SSSR count). The number of nitrogens with one attached hydrogen (secondary N) is 1. The molecular weight excluding hydrogens is 293 g/mol. The van der Waals surface area contributed by atoms with Crippen molar-refractivity contribution in [2.75, 3.05) is 18.5 Å². The number of hydrogen-bond donors (Lipinski definition) is 2. The molecule has 0 radical (unpaired) electrons. The first-order valence-corrected chi connectivity index (χ1v) is 6.82. The van der Waals surface area contributed by atoms with E-state index in [1.807, 2.05) is 0 Å². The minimum absolute atomic E-state index is 0.0538. The summed E-state index contributed by atoms with van der Waals surface area (Å²) in [5.41, 5.74) is -1.08. The smallest absolute Gasteiger partial charge is 0.396 e. The van der Waals surface area contributed by atoms with Crippen molar-refractivity contribution in [2.24, 2.45) is 5.41 Å². The molecule has 3 nitrogen and oxygen atoms in total. The fourth-order valence-electron chi connectivity index (χ4n) is 2.51. The van der Waals surface area contributed by atoms with Gasteiger partial charge in [0.2, 0.25) is 0 Å². The number of aliphatic hydroxyl groups is 1. The van der Waals surface area contributed by atoms with Gasteiger partial charge < -0.3 is 10.4 Å². The summed E-state index contributed by atoms with van der Waals surface area (Å²) in [5.74, 6) is 0.222. The molecule has 20 heavy (non-hydrogen) atoms. The fraction of sp³-hybridized carbons (Fsp3) is 0.615. The molecule has 1 aromatic heterocycles. The first-order chi connectivity index (χ1) is 9.36. The zero-order valence-electron chi connectivity index (χ0n) is 10.8. The Morgan fingerprint density at radius 2 is 2.00 bits per heavy atom. The highest BCUT2D eigenvalue weighted by Crippen LogP contribution is 2.38. The zero-order chi connectivity index (χ0) is 14.8. The highest BCUT2D eigenvalue weighted by atomic mass is 35.5. The van der Waals surface area contributed by atoms with Gasteiger partial charge in [0, 0.05) is 18.2 Å². The van der Waals surface area contributed by atoms with Crippen LogP contribution in [0, 0.1) is 5.41 Å². The van der Waals surface area contributed by atoms with Crippen molar-refractivity contribution in [3.05, 3.63) is 22.8 Å². The summed E-state index contributed by atoms with van der Waals surface area (Å²) in [6.45, 7) is 0.514. The average Bonchev–Trinajstić information content (AvgIpc) is 2.85. The molecule has 0 bridgehead atoms. The Hall–Kier alpha value is -1.01. The third-order valence-corrected chi connectivity index (χ3v) is 4.09. The van der Waals surface area contributed by atoms with E-state index in [0.29, 0.717) is 6.54 Å². The first kappa shape index (κ1) is 15.4. The quantitative estimate of drug-likeness (QED) is 0.891. The van der Waals surface area contributed by atoms with Crippen molar-refractivity contribution < 1.29 is 18.3 Å². The summed E-state index contributed by atoms with van der Waals surface area (Å²) in [6.07, 6.45) is 0.206. The van der Waals surface area contributed by atoms with Crippen molar-refractivity contribution in [1.29, 1.82) is 0 Å². The maximum absolute atomic E-state index is 12.5. The molecule has 2 N–H and O–H groups in total. The van der Waals surface area contributed by atoms with Crippen LogP contribution < -0.4 is 5.32 Å². The molecule has 0 amide bonds. The zero-order valence-corrected chi connectivity index (χ0v) is 11.6. The standard InChI is InChI=1S/C13H16ClF3N2O/c14-10-5-9(13(15,16)17)6-18-11(10)19-7-12(8-20)3-1-2-4-12/h5-6,20H,1-4,7-8H2,(H,18,19). The van der Waals surface area contributed by atoms with Crippen molar-refractivity contribution in [1.82, 2.24) is 4.98 Å². The maximum atomic E-state index is 12.5. The first-order valence-electron chi connectivity index (χ1n) is 6.44. The Bertz CT molecular complexity index is 473. The SMILES string of the molecule is OCC1(CNc2ncc(C(F)(F)F)cc2Cl)CCCC1. The van der Waals surface area contributed by atoms with Gasteiger partial charge in [0.05, 0.1) is 17.2 Å². The lowest BCUT2D eigenvalue weighted by molar-refractivity contribution is -0.137. The lowest BCUT2D eigenvalue weighted by Gasteiger charge is -2.27. The monoisotopic (exact) mass is 308 g/mol. The number of aliphatic hydroxyl groups excluding tert-OH is 1. The van der Waals surface area contributed by atoms with E-state index in [4.69, 9.17) is 11.6 Å². The van der Waals surface area contributed by atoms with E-state index >= 15 is 0 Å². The van der Waals surface area contributed by atoms with Crippen LogP contribution in [0.15, 0.2) is 12.3 Å². The molecule has 0 aromatic carbocycles. The van der Waals surface area contributed by atoms with Crippen LogP contribution in [-0.4, -0.2) is 23.2 Å². The van der Waals surface area contributed by atoms with E-state index < -0.39 is 11.7 Å². The largest absolute Gasteiger partial charge is 0.417 e. The molecule has 1 heterocycles. The van der Waals surface area contributed by atoms with E-state index in [1.165, 1.54) is 0 Å². The average molecular weight is 309 g/mol. The summed E-state index contributed by atoms with van der Waals surface area (Å²) >= 11 is 5.82. The number of pyridine rings is 1. The van der Waals surface area contributed by atoms with Crippen LogP contribution in [0.5, 0.6) is 0 Å². The Kier molecular flexibility index (Phi) is 4.44. The highest BCUT2D eigenvalue weighted by molar-refractivity contribution is 6.32. The van der Waals surface area contributed by atoms with Crippen LogP contribution in [0.2, 0.25) is 5.02 Å². The van der Waals surface area contributed by atoms with Gasteiger partial charge in [-0.1, -0.05) is 24.4 Å². The summed E-state index contributed by atoms with van der Waals surface area (Å²) in [5, 5.41) is 12.4. The van der Waals surface area contributed by atoms with Gasteiger partial charge in [0.25, 0.3) is 0 Å². The summed E-state index contributed by atoms with van der Waals surface area (Å²) in [7, 11) is 0. The third kappa shape index (κ3) is 3.35. The number of nitrogens with zero attached hydrogens (tertiary/aromatic N) is 1. The Morgan fingerprint density at radius 1 is 1.35 bits per heavy atom. The molecule has 0 unspecified atom stereocenters. The predicted octanol–water partition coefficient (Wildman–Crippen LogP) is 3.72. The molecule has 7 heteroatoms. The number of hydrogen-bond acceptors (Lipinski definition) is 3. The third-order valence-electron chi connectivity index (χ3n) is 3.80. The van der Waals surface area contributed by atoms with Gasteiger partial charge in [-0.05, 0) is 18.9 Å². The van der Waals surface area contributed by atoms with Gasteiger partial charge in [-0.15, -0.1) is 0 Å². The number of halogens is 4. The lowest BCUT2D eigenvalue weighted by atomic mass is 9.87. The van der Waals surface area contributed by atoms with Gasteiger partial charge in [-0.2, -0.15) is 13.2 Å².